The van der Waals surface area contributed by atoms with Gasteiger partial charge in [0.1, 0.15) is 5.75 Å². The first-order valence-electron chi connectivity index (χ1n) is 5.64. The largest absolute Gasteiger partial charge is 0.451 e. The molecule has 8 heteroatoms. The van der Waals surface area contributed by atoms with Gasteiger partial charge in [-0.15, -0.1) is 0 Å². The Hall–Kier alpha value is -2.64. The van der Waals surface area contributed by atoms with Crippen molar-refractivity contribution in [1.82, 2.24) is 4.98 Å². The van der Waals surface area contributed by atoms with Gasteiger partial charge >= 0.3 is 0 Å². The van der Waals surface area contributed by atoms with Crippen LogP contribution in [0.3, 0.4) is 0 Å². The Bertz CT molecular complexity index is 663. The lowest BCUT2D eigenvalue weighted by molar-refractivity contribution is -0.114. The molecule has 0 aliphatic carbocycles. The summed E-state index contributed by atoms with van der Waals surface area (Å²) in [7, 11) is 0. The van der Waals surface area contributed by atoms with Gasteiger partial charge in [0, 0.05) is 12.6 Å². The zero-order valence-corrected chi connectivity index (χ0v) is 10.6. The molecule has 1 N–H and O–H groups in total. The third-order valence-electron chi connectivity index (χ3n) is 2.35. The molecule has 1 heterocycles. The molecule has 0 atom stereocenters. The highest BCUT2D eigenvalue weighted by atomic mass is 19.2. The Kier molecular flexibility index (Phi) is 4.06. The Labute approximate surface area is 116 Å². The van der Waals surface area contributed by atoms with Crippen molar-refractivity contribution in [2.45, 2.75) is 6.92 Å². The van der Waals surface area contributed by atoms with Gasteiger partial charge in [0.15, 0.2) is 0 Å². The van der Waals surface area contributed by atoms with Crippen molar-refractivity contribution in [3.05, 3.63) is 47.8 Å². The van der Waals surface area contributed by atoms with Crippen LogP contribution in [-0.4, -0.2) is 10.9 Å². The van der Waals surface area contributed by atoms with E-state index in [1.165, 1.54) is 31.2 Å². The molecule has 2 aromatic rings. The molecule has 1 aromatic heterocycles. The van der Waals surface area contributed by atoms with Crippen molar-refractivity contribution in [3.63, 3.8) is 0 Å². The van der Waals surface area contributed by atoms with E-state index in [1.807, 2.05) is 0 Å². The van der Waals surface area contributed by atoms with Crippen molar-refractivity contribution < 1.29 is 27.1 Å². The van der Waals surface area contributed by atoms with E-state index in [9.17, 15) is 22.4 Å². The SMILES string of the molecule is CC(=O)Nc1ccc(Oc2c(F)c(F)nc(F)c2F)cc1. The molecule has 0 unspecified atom stereocenters. The molecule has 4 nitrogen and oxygen atoms in total. The fourth-order valence-corrected chi connectivity index (χ4v) is 1.49. The second-order valence-corrected chi connectivity index (χ2v) is 3.96. The highest BCUT2D eigenvalue weighted by Crippen LogP contribution is 2.30. The first kappa shape index (κ1) is 14.8. The number of carbonyl (C=O) groups is 1. The summed E-state index contributed by atoms with van der Waals surface area (Å²) in [5, 5.41) is 2.46. The van der Waals surface area contributed by atoms with Crippen LogP contribution < -0.4 is 10.1 Å². The van der Waals surface area contributed by atoms with Crippen LogP contribution in [0.2, 0.25) is 0 Å². The number of aromatic nitrogens is 1. The molecule has 0 aliphatic heterocycles. The van der Waals surface area contributed by atoms with Gasteiger partial charge in [-0.3, -0.25) is 4.79 Å². The van der Waals surface area contributed by atoms with Crippen LogP contribution in [0.1, 0.15) is 6.92 Å². The van der Waals surface area contributed by atoms with E-state index >= 15 is 0 Å². The second kappa shape index (κ2) is 5.78. The van der Waals surface area contributed by atoms with Crippen molar-refractivity contribution >= 4 is 11.6 Å². The molecule has 0 radical (unpaired) electrons. The predicted octanol–water partition coefficient (Wildman–Crippen LogP) is 3.39. The van der Waals surface area contributed by atoms with E-state index in [4.69, 9.17) is 4.74 Å². The number of carbonyl (C=O) groups excluding carboxylic acids is 1. The summed E-state index contributed by atoms with van der Waals surface area (Å²) in [6, 6.07) is 5.31. The molecule has 0 spiro atoms. The van der Waals surface area contributed by atoms with Gasteiger partial charge in [0.25, 0.3) is 11.9 Å². The third-order valence-corrected chi connectivity index (χ3v) is 2.35. The van der Waals surface area contributed by atoms with Gasteiger partial charge in [-0.25, -0.2) is 0 Å². The minimum Gasteiger partial charge on any atom is -0.451 e. The molecule has 2 rings (SSSR count). The first-order chi connectivity index (χ1) is 9.88. The molecule has 1 aromatic carbocycles. The summed E-state index contributed by atoms with van der Waals surface area (Å²) in [4.78, 5) is 13.2. The van der Waals surface area contributed by atoms with Gasteiger partial charge in [-0.1, -0.05) is 0 Å². The number of rotatable bonds is 3. The molecule has 0 bridgehead atoms. The monoisotopic (exact) mass is 300 g/mol. The molecule has 1 amide bonds. The molecule has 0 fully saturated rings. The predicted molar refractivity (Wildman–Crippen MR) is 64.9 cm³/mol. The van der Waals surface area contributed by atoms with Gasteiger partial charge in [0.05, 0.1) is 0 Å². The number of anilines is 1. The summed E-state index contributed by atoms with van der Waals surface area (Å²) < 4.78 is 57.3. The number of pyridine rings is 1. The minimum absolute atomic E-state index is 0.0769. The quantitative estimate of drug-likeness (QED) is 0.698. The molecular formula is C13H8F4N2O2. The smallest absolute Gasteiger partial charge is 0.255 e. The number of amides is 1. The Morgan fingerprint density at radius 2 is 1.57 bits per heavy atom. The second-order valence-electron chi connectivity index (χ2n) is 3.96. The summed E-state index contributed by atoms with van der Waals surface area (Å²) >= 11 is 0. The van der Waals surface area contributed by atoms with Crippen LogP contribution >= 0.6 is 0 Å². The number of halogens is 4. The lowest BCUT2D eigenvalue weighted by atomic mass is 10.3. The number of nitrogens with one attached hydrogen (secondary N) is 1. The molecule has 0 saturated carbocycles. The fourth-order valence-electron chi connectivity index (χ4n) is 1.49. The van der Waals surface area contributed by atoms with Crippen molar-refractivity contribution in [1.29, 1.82) is 0 Å². The molecule has 0 aliphatic rings. The maximum absolute atomic E-state index is 13.4. The normalized spacial score (nSPS) is 10.3. The zero-order valence-electron chi connectivity index (χ0n) is 10.6. The van der Waals surface area contributed by atoms with E-state index < -0.39 is 29.3 Å². The maximum Gasteiger partial charge on any atom is 0.255 e. The van der Waals surface area contributed by atoms with Crippen molar-refractivity contribution in [2.75, 3.05) is 5.32 Å². The number of nitrogens with zero attached hydrogens (tertiary/aromatic N) is 1. The Morgan fingerprint density at radius 3 is 2.05 bits per heavy atom. The van der Waals surface area contributed by atoms with Gasteiger partial charge in [-0.2, -0.15) is 22.5 Å². The summed E-state index contributed by atoms with van der Waals surface area (Å²) in [5.41, 5.74) is 0.419. The molecule has 21 heavy (non-hydrogen) atoms. The summed E-state index contributed by atoms with van der Waals surface area (Å²) in [5.74, 6) is -8.70. The maximum atomic E-state index is 13.4. The highest BCUT2D eigenvalue weighted by Gasteiger charge is 2.22. The molecule has 110 valence electrons. The summed E-state index contributed by atoms with van der Waals surface area (Å²) in [6.07, 6.45) is 0. The van der Waals surface area contributed by atoms with Crippen LogP contribution in [0.25, 0.3) is 0 Å². The lowest BCUT2D eigenvalue weighted by Crippen LogP contribution is -2.05. The minimum atomic E-state index is -1.81. The third kappa shape index (κ3) is 3.28. The van der Waals surface area contributed by atoms with Gasteiger partial charge in [0.2, 0.25) is 23.3 Å². The number of benzene rings is 1. The highest BCUT2D eigenvalue weighted by molar-refractivity contribution is 5.88. The number of hydrogen-bond acceptors (Lipinski definition) is 3. The van der Waals surface area contributed by atoms with Gasteiger partial charge < -0.3 is 10.1 Å². The molecular weight excluding hydrogens is 292 g/mol. The van der Waals surface area contributed by atoms with E-state index in [0.29, 0.717) is 5.69 Å². The zero-order chi connectivity index (χ0) is 15.6. The summed E-state index contributed by atoms with van der Waals surface area (Å²) in [6.45, 7) is 1.30. The standard InChI is InChI=1S/C13H8F4N2O2/c1-6(20)18-7-2-4-8(5-3-7)21-11-9(14)12(16)19-13(17)10(11)15/h2-5H,1H3,(H,18,20). The van der Waals surface area contributed by atoms with Crippen LogP contribution in [0, 0.1) is 23.5 Å². The van der Waals surface area contributed by atoms with Crippen molar-refractivity contribution in [2.24, 2.45) is 0 Å². The fraction of sp³-hybridized carbons (Fsp3) is 0.0769. The van der Waals surface area contributed by atoms with Crippen LogP contribution in [0.4, 0.5) is 23.2 Å². The van der Waals surface area contributed by atoms with Crippen LogP contribution in [-0.2, 0) is 4.79 Å². The average Bonchev–Trinajstić information content (AvgIpc) is 2.43. The first-order valence-corrected chi connectivity index (χ1v) is 5.64. The number of hydrogen-bond donors (Lipinski definition) is 1. The van der Waals surface area contributed by atoms with Crippen LogP contribution in [0.15, 0.2) is 24.3 Å². The Balaban J connectivity index is 2.28. The van der Waals surface area contributed by atoms with E-state index in [-0.39, 0.29) is 11.7 Å². The number of ether oxygens (including phenoxy) is 1. The van der Waals surface area contributed by atoms with Gasteiger partial charge in [-0.05, 0) is 24.3 Å². The average molecular weight is 300 g/mol. The van der Waals surface area contributed by atoms with Crippen molar-refractivity contribution in [3.8, 4) is 11.5 Å². The van der Waals surface area contributed by atoms with E-state index in [2.05, 4.69) is 10.3 Å². The lowest BCUT2D eigenvalue weighted by Gasteiger charge is -2.09. The van der Waals surface area contributed by atoms with E-state index in [0.717, 1.165) is 0 Å². The van der Waals surface area contributed by atoms with E-state index in [1.54, 1.807) is 0 Å². The molecule has 0 saturated heterocycles. The Morgan fingerprint density at radius 1 is 1.05 bits per heavy atom. The van der Waals surface area contributed by atoms with Crippen LogP contribution in [0.5, 0.6) is 11.5 Å². The topological polar surface area (TPSA) is 51.2 Å².